The van der Waals surface area contributed by atoms with E-state index in [0.717, 1.165) is 6.07 Å². The van der Waals surface area contributed by atoms with Crippen LogP contribution in [0.4, 0.5) is 8.78 Å². The zero-order chi connectivity index (χ0) is 11.7. The van der Waals surface area contributed by atoms with Crippen LogP contribution in [-0.2, 0) is 0 Å². The maximum Gasteiger partial charge on any atom is 0.126 e. The van der Waals surface area contributed by atoms with Crippen molar-refractivity contribution in [3.05, 3.63) is 35.4 Å². The largest absolute Gasteiger partial charge is 0.313 e. The zero-order valence-corrected chi connectivity index (χ0v) is 9.63. The molecule has 0 saturated heterocycles. The molecule has 1 N–H and O–H groups in total. The molecule has 1 aromatic carbocycles. The molecule has 1 aliphatic rings. The van der Waals surface area contributed by atoms with Crippen LogP contribution in [0.25, 0.3) is 0 Å². The normalized spacial score (nSPS) is 19.5. The third-order valence-corrected chi connectivity index (χ3v) is 3.45. The summed E-state index contributed by atoms with van der Waals surface area (Å²) >= 11 is 0. The maximum absolute atomic E-state index is 13.1. The average Bonchev–Trinajstić information content (AvgIpc) is 2.99. The molecule has 0 heterocycles. The van der Waals surface area contributed by atoms with Crippen LogP contribution < -0.4 is 5.32 Å². The summed E-state index contributed by atoms with van der Waals surface area (Å²) in [4.78, 5) is 0. The first-order valence-corrected chi connectivity index (χ1v) is 5.75. The summed E-state index contributed by atoms with van der Waals surface area (Å²) in [5, 5.41) is 3.16. The molecule has 16 heavy (non-hydrogen) atoms. The van der Waals surface area contributed by atoms with E-state index in [1.54, 1.807) is 0 Å². The third-order valence-electron chi connectivity index (χ3n) is 3.45. The van der Waals surface area contributed by atoms with Gasteiger partial charge in [0, 0.05) is 12.1 Å². The van der Waals surface area contributed by atoms with Crippen molar-refractivity contribution in [2.75, 3.05) is 7.05 Å². The Morgan fingerprint density at radius 3 is 2.19 bits per heavy atom. The van der Waals surface area contributed by atoms with E-state index in [2.05, 4.69) is 12.2 Å². The van der Waals surface area contributed by atoms with E-state index in [1.165, 1.54) is 25.0 Å². The van der Waals surface area contributed by atoms with Gasteiger partial charge in [-0.25, -0.2) is 8.78 Å². The van der Waals surface area contributed by atoms with Gasteiger partial charge in [-0.15, -0.1) is 0 Å². The van der Waals surface area contributed by atoms with E-state index in [1.807, 2.05) is 7.05 Å². The number of rotatable bonds is 4. The molecule has 0 amide bonds. The number of hydrogen-bond donors (Lipinski definition) is 1. The Kier molecular flexibility index (Phi) is 3.24. The molecular weight excluding hydrogens is 208 g/mol. The van der Waals surface area contributed by atoms with Gasteiger partial charge in [-0.1, -0.05) is 6.92 Å². The second kappa shape index (κ2) is 4.50. The first-order valence-electron chi connectivity index (χ1n) is 5.75. The summed E-state index contributed by atoms with van der Waals surface area (Å²) in [6, 6.07) is 3.79. The topological polar surface area (TPSA) is 12.0 Å². The molecule has 1 aromatic rings. The van der Waals surface area contributed by atoms with Crippen LogP contribution in [0.5, 0.6) is 0 Å². The molecule has 1 nitrogen and oxygen atoms in total. The van der Waals surface area contributed by atoms with Crippen molar-refractivity contribution in [1.82, 2.24) is 5.32 Å². The molecule has 2 atom stereocenters. The maximum atomic E-state index is 13.1. The van der Waals surface area contributed by atoms with Crippen LogP contribution in [0.3, 0.4) is 0 Å². The number of halogens is 2. The molecule has 1 saturated carbocycles. The van der Waals surface area contributed by atoms with E-state index in [4.69, 9.17) is 0 Å². The number of nitrogens with one attached hydrogen (secondary N) is 1. The monoisotopic (exact) mass is 225 g/mol. The van der Waals surface area contributed by atoms with Gasteiger partial charge in [0.05, 0.1) is 0 Å². The lowest BCUT2D eigenvalue weighted by Gasteiger charge is -2.24. The van der Waals surface area contributed by atoms with Crippen molar-refractivity contribution in [3.63, 3.8) is 0 Å². The van der Waals surface area contributed by atoms with Crippen LogP contribution in [0, 0.1) is 23.5 Å². The molecule has 3 heteroatoms. The van der Waals surface area contributed by atoms with Crippen molar-refractivity contribution in [2.45, 2.75) is 25.8 Å². The summed E-state index contributed by atoms with van der Waals surface area (Å²) in [5.41, 5.74) is 0.708. The van der Waals surface area contributed by atoms with Crippen molar-refractivity contribution in [3.8, 4) is 0 Å². The molecule has 1 fully saturated rings. The van der Waals surface area contributed by atoms with Gasteiger partial charge in [0.25, 0.3) is 0 Å². The van der Waals surface area contributed by atoms with Crippen LogP contribution >= 0.6 is 0 Å². The highest BCUT2D eigenvalue weighted by atomic mass is 19.1. The van der Waals surface area contributed by atoms with Gasteiger partial charge in [-0.2, -0.15) is 0 Å². The van der Waals surface area contributed by atoms with Gasteiger partial charge in [0.1, 0.15) is 11.6 Å². The summed E-state index contributed by atoms with van der Waals surface area (Å²) in [5.74, 6) is 0.117. The summed E-state index contributed by atoms with van der Waals surface area (Å²) in [6.07, 6.45) is 2.47. The Morgan fingerprint density at radius 1 is 1.19 bits per heavy atom. The Labute approximate surface area is 94.9 Å². The molecule has 1 aliphatic carbocycles. The Bertz CT molecular complexity index is 354. The first-order chi connectivity index (χ1) is 7.61. The van der Waals surface area contributed by atoms with Gasteiger partial charge in [0.2, 0.25) is 0 Å². The van der Waals surface area contributed by atoms with E-state index in [9.17, 15) is 8.78 Å². The standard InChI is InChI=1S/C13H17F2N/c1-8(9-3-4-9)13(16-2)10-5-11(14)7-12(15)6-10/h5-9,13,16H,3-4H2,1-2H3. The summed E-state index contributed by atoms with van der Waals surface area (Å²) < 4.78 is 26.3. The minimum atomic E-state index is -0.502. The average molecular weight is 225 g/mol. The highest BCUT2D eigenvalue weighted by Gasteiger charge is 2.33. The predicted molar refractivity (Wildman–Crippen MR) is 60.0 cm³/mol. The van der Waals surface area contributed by atoms with Gasteiger partial charge in [0.15, 0.2) is 0 Å². The molecule has 2 unspecified atom stereocenters. The van der Waals surface area contributed by atoms with Crippen molar-refractivity contribution < 1.29 is 8.78 Å². The van der Waals surface area contributed by atoms with E-state index in [-0.39, 0.29) is 6.04 Å². The highest BCUT2D eigenvalue weighted by Crippen LogP contribution is 2.42. The van der Waals surface area contributed by atoms with Gasteiger partial charge < -0.3 is 5.32 Å². The molecule has 88 valence electrons. The molecule has 0 aliphatic heterocycles. The predicted octanol–water partition coefficient (Wildman–Crippen LogP) is 3.27. The molecule has 0 bridgehead atoms. The molecule has 0 aromatic heterocycles. The van der Waals surface area contributed by atoms with Gasteiger partial charge in [-0.05, 0) is 49.4 Å². The lowest BCUT2D eigenvalue weighted by molar-refractivity contribution is 0.366. The lowest BCUT2D eigenvalue weighted by Crippen LogP contribution is -2.25. The fourth-order valence-corrected chi connectivity index (χ4v) is 2.38. The van der Waals surface area contributed by atoms with Crippen LogP contribution in [0.2, 0.25) is 0 Å². The Balaban J connectivity index is 2.24. The Morgan fingerprint density at radius 2 is 1.75 bits per heavy atom. The van der Waals surface area contributed by atoms with Crippen molar-refractivity contribution in [2.24, 2.45) is 11.8 Å². The summed E-state index contributed by atoms with van der Waals surface area (Å²) in [6.45, 7) is 2.14. The smallest absolute Gasteiger partial charge is 0.126 e. The Hall–Kier alpha value is -0.960. The minimum absolute atomic E-state index is 0.0395. The highest BCUT2D eigenvalue weighted by molar-refractivity contribution is 5.22. The molecule has 0 spiro atoms. The third kappa shape index (κ3) is 2.40. The van der Waals surface area contributed by atoms with Crippen molar-refractivity contribution >= 4 is 0 Å². The van der Waals surface area contributed by atoms with Crippen LogP contribution in [0.1, 0.15) is 31.4 Å². The SMILES string of the molecule is CNC(c1cc(F)cc(F)c1)C(C)C1CC1. The number of benzene rings is 1. The minimum Gasteiger partial charge on any atom is -0.313 e. The van der Waals surface area contributed by atoms with E-state index < -0.39 is 11.6 Å². The fourth-order valence-electron chi connectivity index (χ4n) is 2.38. The fraction of sp³-hybridized carbons (Fsp3) is 0.538. The quantitative estimate of drug-likeness (QED) is 0.829. The number of hydrogen-bond acceptors (Lipinski definition) is 1. The first kappa shape index (κ1) is 11.5. The molecule has 2 rings (SSSR count). The van der Waals surface area contributed by atoms with Gasteiger partial charge in [-0.3, -0.25) is 0 Å². The van der Waals surface area contributed by atoms with Gasteiger partial charge >= 0.3 is 0 Å². The lowest BCUT2D eigenvalue weighted by atomic mass is 9.90. The molecular formula is C13H17F2N. The van der Waals surface area contributed by atoms with E-state index >= 15 is 0 Å². The van der Waals surface area contributed by atoms with E-state index in [0.29, 0.717) is 17.4 Å². The second-order valence-corrected chi connectivity index (χ2v) is 4.67. The summed E-state index contributed by atoms with van der Waals surface area (Å²) in [7, 11) is 1.84. The molecule has 0 radical (unpaired) electrons. The van der Waals surface area contributed by atoms with Crippen molar-refractivity contribution in [1.29, 1.82) is 0 Å². The second-order valence-electron chi connectivity index (χ2n) is 4.67. The zero-order valence-electron chi connectivity index (χ0n) is 9.63. The van der Waals surface area contributed by atoms with Crippen LogP contribution in [0.15, 0.2) is 18.2 Å². The van der Waals surface area contributed by atoms with Crippen LogP contribution in [-0.4, -0.2) is 7.05 Å².